The largest absolute Gasteiger partial charge is 0.356 e. The van der Waals surface area contributed by atoms with Gasteiger partial charge >= 0.3 is 0 Å². The van der Waals surface area contributed by atoms with Gasteiger partial charge in [-0.3, -0.25) is 9.59 Å². The van der Waals surface area contributed by atoms with Crippen LogP contribution in [-0.4, -0.2) is 35.3 Å². The molecule has 126 valence electrons. The molecule has 1 atom stereocenters. The Labute approximate surface area is 137 Å². The number of rotatable bonds is 5. The molecule has 4 nitrogen and oxygen atoms in total. The van der Waals surface area contributed by atoms with Crippen molar-refractivity contribution in [3.05, 3.63) is 35.6 Å². The number of hydrogen-bond acceptors (Lipinski definition) is 2. The molecule has 0 aliphatic carbocycles. The molecule has 1 fully saturated rings. The number of likely N-dealkylation sites (tertiary alicyclic amines) is 1. The Morgan fingerprint density at radius 3 is 2.52 bits per heavy atom. The third-order valence-electron chi connectivity index (χ3n) is 4.16. The highest BCUT2D eigenvalue weighted by atomic mass is 19.1. The molecule has 1 aromatic rings. The second-order valence-corrected chi connectivity index (χ2v) is 7.10. The third-order valence-corrected chi connectivity index (χ3v) is 4.16. The molecule has 1 N–H and O–H groups in total. The van der Waals surface area contributed by atoms with Gasteiger partial charge in [-0.05, 0) is 51.3 Å². The summed E-state index contributed by atoms with van der Waals surface area (Å²) in [6.07, 6.45) is 1.88. The Morgan fingerprint density at radius 2 is 1.96 bits per heavy atom. The molecule has 0 aromatic heterocycles. The third kappa shape index (κ3) is 4.78. The molecule has 2 amide bonds. The summed E-state index contributed by atoms with van der Waals surface area (Å²) in [7, 11) is 0. The van der Waals surface area contributed by atoms with Gasteiger partial charge in [0, 0.05) is 25.0 Å². The van der Waals surface area contributed by atoms with E-state index < -0.39 is 0 Å². The normalized spacial score (nSPS) is 18.3. The summed E-state index contributed by atoms with van der Waals surface area (Å²) in [6, 6.07) is 6.40. The lowest BCUT2D eigenvalue weighted by Crippen LogP contribution is -2.43. The predicted octanol–water partition coefficient (Wildman–Crippen LogP) is 2.52. The zero-order valence-corrected chi connectivity index (χ0v) is 14.1. The number of halogens is 1. The van der Waals surface area contributed by atoms with Crippen LogP contribution in [0.4, 0.5) is 4.39 Å². The van der Waals surface area contributed by atoms with Crippen molar-refractivity contribution in [2.75, 3.05) is 13.1 Å². The molecule has 0 saturated carbocycles. The van der Waals surface area contributed by atoms with Crippen LogP contribution in [0.5, 0.6) is 0 Å². The van der Waals surface area contributed by atoms with Crippen molar-refractivity contribution in [2.45, 2.75) is 45.6 Å². The van der Waals surface area contributed by atoms with Crippen LogP contribution in [0.25, 0.3) is 0 Å². The number of carbonyl (C=O) groups is 2. The van der Waals surface area contributed by atoms with Gasteiger partial charge in [-0.2, -0.15) is 0 Å². The van der Waals surface area contributed by atoms with Gasteiger partial charge in [-0.15, -0.1) is 0 Å². The second kappa shape index (κ2) is 7.11. The van der Waals surface area contributed by atoms with Gasteiger partial charge < -0.3 is 10.2 Å². The molecule has 23 heavy (non-hydrogen) atoms. The zero-order valence-electron chi connectivity index (χ0n) is 14.1. The summed E-state index contributed by atoms with van der Waals surface area (Å²) >= 11 is 0. The molecular formula is C18H25FN2O2. The van der Waals surface area contributed by atoms with Crippen molar-refractivity contribution in [1.82, 2.24) is 10.2 Å². The van der Waals surface area contributed by atoms with Crippen molar-refractivity contribution >= 4 is 11.8 Å². The SMILES string of the molecule is CC(C)(C)N1C[C@H](C(=O)NCCCc2ccc(F)cc2)CC1=O. The van der Waals surface area contributed by atoms with E-state index in [2.05, 4.69) is 5.32 Å². The highest BCUT2D eigenvalue weighted by Gasteiger charge is 2.39. The van der Waals surface area contributed by atoms with Crippen LogP contribution in [0, 0.1) is 11.7 Å². The maximum Gasteiger partial charge on any atom is 0.225 e. The Hall–Kier alpha value is -1.91. The number of nitrogens with zero attached hydrogens (tertiary/aromatic N) is 1. The molecule has 1 aromatic carbocycles. The molecule has 1 saturated heterocycles. The number of hydrogen-bond donors (Lipinski definition) is 1. The monoisotopic (exact) mass is 320 g/mol. The van der Waals surface area contributed by atoms with E-state index in [1.54, 1.807) is 17.0 Å². The minimum absolute atomic E-state index is 0.0453. The number of amides is 2. The van der Waals surface area contributed by atoms with Gasteiger partial charge in [0.25, 0.3) is 0 Å². The quantitative estimate of drug-likeness (QED) is 0.848. The van der Waals surface area contributed by atoms with E-state index in [9.17, 15) is 14.0 Å². The number of aryl methyl sites for hydroxylation is 1. The van der Waals surface area contributed by atoms with Gasteiger partial charge in [0.2, 0.25) is 11.8 Å². The fraction of sp³-hybridized carbons (Fsp3) is 0.556. The summed E-state index contributed by atoms with van der Waals surface area (Å²) in [5.74, 6) is -0.503. The van der Waals surface area contributed by atoms with Gasteiger partial charge in [0.05, 0.1) is 5.92 Å². The molecule has 1 aliphatic rings. The number of carbonyl (C=O) groups excluding carboxylic acids is 2. The molecule has 0 bridgehead atoms. The van der Waals surface area contributed by atoms with Gasteiger partial charge in [-0.1, -0.05) is 12.1 Å². The smallest absolute Gasteiger partial charge is 0.225 e. The summed E-state index contributed by atoms with van der Waals surface area (Å²) in [4.78, 5) is 25.9. The first-order valence-corrected chi connectivity index (χ1v) is 8.10. The van der Waals surface area contributed by atoms with Gasteiger partial charge in [0.15, 0.2) is 0 Å². The predicted molar refractivity (Wildman–Crippen MR) is 87.3 cm³/mol. The second-order valence-electron chi connectivity index (χ2n) is 7.10. The maximum absolute atomic E-state index is 12.8. The van der Waals surface area contributed by atoms with Crippen molar-refractivity contribution in [3.63, 3.8) is 0 Å². The first-order chi connectivity index (χ1) is 10.8. The lowest BCUT2D eigenvalue weighted by atomic mass is 10.1. The number of nitrogens with one attached hydrogen (secondary N) is 1. The summed E-state index contributed by atoms with van der Waals surface area (Å²) in [5.41, 5.74) is 0.810. The Balaban J connectivity index is 1.73. The van der Waals surface area contributed by atoms with Crippen LogP contribution in [0.3, 0.4) is 0 Å². The highest BCUT2D eigenvalue weighted by molar-refractivity contribution is 5.89. The van der Waals surface area contributed by atoms with Gasteiger partial charge in [-0.25, -0.2) is 4.39 Å². The average molecular weight is 320 g/mol. The topological polar surface area (TPSA) is 49.4 Å². The van der Waals surface area contributed by atoms with Crippen LogP contribution in [0.1, 0.15) is 39.2 Å². The summed E-state index contributed by atoms with van der Waals surface area (Å²) in [5, 5.41) is 2.91. The lowest BCUT2D eigenvalue weighted by Gasteiger charge is -2.31. The molecule has 1 aliphatic heterocycles. The van der Waals surface area contributed by atoms with Crippen LogP contribution in [-0.2, 0) is 16.0 Å². The molecular weight excluding hydrogens is 295 g/mol. The Kier molecular flexibility index (Phi) is 5.39. The highest BCUT2D eigenvalue weighted by Crippen LogP contribution is 2.25. The molecule has 0 radical (unpaired) electrons. The Morgan fingerprint density at radius 1 is 1.30 bits per heavy atom. The molecule has 0 spiro atoms. The van der Waals surface area contributed by atoms with Crippen LogP contribution < -0.4 is 5.32 Å². The standard InChI is InChI=1S/C18H25FN2O2/c1-18(2,3)21-12-14(11-16(21)22)17(23)20-10-4-5-13-6-8-15(19)9-7-13/h6-9,14H,4-5,10-12H2,1-3H3,(H,20,23)/t14-/m1/s1. The Bertz CT molecular complexity index is 563. The molecule has 0 unspecified atom stereocenters. The van der Waals surface area contributed by atoms with E-state index >= 15 is 0 Å². The molecule has 5 heteroatoms. The van der Waals surface area contributed by atoms with Crippen LogP contribution >= 0.6 is 0 Å². The van der Waals surface area contributed by atoms with Crippen molar-refractivity contribution in [3.8, 4) is 0 Å². The van der Waals surface area contributed by atoms with Crippen molar-refractivity contribution in [1.29, 1.82) is 0 Å². The van der Waals surface area contributed by atoms with E-state index in [1.807, 2.05) is 20.8 Å². The van der Waals surface area contributed by atoms with E-state index in [1.165, 1.54) is 12.1 Å². The van der Waals surface area contributed by atoms with Crippen molar-refractivity contribution < 1.29 is 14.0 Å². The first kappa shape index (κ1) is 17.4. The fourth-order valence-corrected chi connectivity index (χ4v) is 2.83. The van der Waals surface area contributed by atoms with E-state index in [4.69, 9.17) is 0 Å². The molecule has 2 rings (SSSR count). The fourth-order valence-electron chi connectivity index (χ4n) is 2.83. The lowest BCUT2D eigenvalue weighted by molar-refractivity contribution is -0.132. The van der Waals surface area contributed by atoms with Crippen LogP contribution in [0.2, 0.25) is 0 Å². The van der Waals surface area contributed by atoms with E-state index in [0.29, 0.717) is 19.5 Å². The maximum atomic E-state index is 12.8. The first-order valence-electron chi connectivity index (χ1n) is 8.10. The van der Waals surface area contributed by atoms with E-state index in [0.717, 1.165) is 18.4 Å². The minimum atomic E-state index is -0.257. The van der Waals surface area contributed by atoms with Crippen molar-refractivity contribution in [2.24, 2.45) is 5.92 Å². The summed E-state index contributed by atoms with van der Waals surface area (Å²) in [6.45, 7) is 7.00. The van der Waals surface area contributed by atoms with Gasteiger partial charge in [0.1, 0.15) is 5.82 Å². The molecule has 1 heterocycles. The summed E-state index contributed by atoms with van der Waals surface area (Å²) < 4.78 is 12.8. The average Bonchev–Trinajstić information content (AvgIpc) is 2.87. The van der Waals surface area contributed by atoms with E-state index in [-0.39, 0.29) is 29.1 Å². The minimum Gasteiger partial charge on any atom is -0.356 e. The van der Waals surface area contributed by atoms with Crippen LogP contribution in [0.15, 0.2) is 24.3 Å². The number of benzene rings is 1. The zero-order chi connectivity index (χ0) is 17.0.